The highest BCUT2D eigenvalue weighted by molar-refractivity contribution is 5.97. The highest BCUT2D eigenvalue weighted by atomic mass is 14.9. The molecule has 0 fully saturated rings. The van der Waals surface area contributed by atoms with Crippen LogP contribution in [0.3, 0.4) is 0 Å². The van der Waals surface area contributed by atoms with Crippen molar-refractivity contribution >= 4 is 22.1 Å². The first-order chi connectivity index (χ1) is 13.4. The first-order valence-corrected chi connectivity index (χ1v) is 9.84. The summed E-state index contributed by atoms with van der Waals surface area (Å²) in [5.74, 6) is 0. The van der Waals surface area contributed by atoms with Gasteiger partial charge in [0.05, 0.1) is 0 Å². The number of hydrogen-bond acceptors (Lipinski definition) is 1. The zero-order valence-corrected chi connectivity index (χ0v) is 15.4. The molecule has 0 unspecified atom stereocenters. The van der Waals surface area contributed by atoms with Crippen molar-refractivity contribution < 1.29 is 0 Å². The van der Waals surface area contributed by atoms with E-state index in [-0.39, 0.29) is 0 Å². The van der Waals surface area contributed by atoms with Crippen LogP contribution < -0.4 is 5.32 Å². The maximum atomic E-state index is 3.61. The molecule has 1 aliphatic rings. The van der Waals surface area contributed by atoms with Crippen molar-refractivity contribution in [2.24, 2.45) is 0 Å². The van der Waals surface area contributed by atoms with Gasteiger partial charge >= 0.3 is 0 Å². The Hall–Kier alpha value is -3.06. The quantitative estimate of drug-likeness (QED) is 0.415. The van der Waals surface area contributed by atoms with Crippen LogP contribution in [0.15, 0.2) is 84.9 Å². The molecule has 1 N–H and O–H groups in total. The lowest BCUT2D eigenvalue weighted by atomic mass is 9.91. The van der Waals surface area contributed by atoms with E-state index in [0.29, 0.717) is 0 Å². The van der Waals surface area contributed by atoms with Gasteiger partial charge in [-0.2, -0.15) is 0 Å². The van der Waals surface area contributed by atoms with Crippen molar-refractivity contribution in [3.8, 4) is 11.1 Å². The lowest BCUT2D eigenvalue weighted by molar-refractivity contribution is 0.686. The average Bonchev–Trinajstić information content (AvgIpc) is 2.73. The molecule has 0 bridgehead atoms. The molecule has 0 aromatic heterocycles. The number of anilines is 2. The van der Waals surface area contributed by atoms with Gasteiger partial charge in [-0.25, -0.2) is 0 Å². The van der Waals surface area contributed by atoms with Gasteiger partial charge in [-0.15, -0.1) is 0 Å². The Morgan fingerprint density at radius 3 is 2.33 bits per heavy atom. The molecule has 0 aliphatic heterocycles. The molecule has 0 spiro atoms. The van der Waals surface area contributed by atoms with E-state index in [2.05, 4.69) is 90.2 Å². The van der Waals surface area contributed by atoms with E-state index in [9.17, 15) is 0 Å². The molecule has 0 atom stereocenters. The van der Waals surface area contributed by atoms with Gasteiger partial charge in [0.1, 0.15) is 0 Å². The lowest BCUT2D eigenvalue weighted by Gasteiger charge is -2.17. The van der Waals surface area contributed by atoms with Crippen molar-refractivity contribution in [3.63, 3.8) is 0 Å². The molecule has 0 saturated heterocycles. The van der Waals surface area contributed by atoms with E-state index < -0.39 is 0 Å². The number of nitrogens with one attached hydrogen (secondary N) is 1. The molecule has 4 aromatic rings. The standard InChI is InChI=1S/C26H23N/c1-2-9-21-17-24(16-15-19(21)7-1)27-23-12-5-11-22(18-23)26-14-6-10-20-8-3-4-13-25(20)26/h3-6,8,10-18,27H,1-2,7,9H2. The topological polar surface area (TPSA) is 12.0 Å². The average molecular weight is 349 g/mol. The fourth-order valence-electron chi connectivity index (χ4n) is 4.22. The molecular formula is C26H23N. The smallest absolute Gasteiger partial charge is 0.0390 e. The Balaban J connectivity index is 1.49. The molecule has 1 heteroatoms. The van der Waals surface area contributed by atoms with Gasteiger partial charge in [0, 0.05) is 11.4 Å². The fourth-order valence-corrected chi connectivity index (χ4v) is 4.22. The third-order valence-corrected chi connectivity index (χ3v) is 5.60. The largest absolute Gasteiger partial charge is 0.356 e. The molecule has 132 valence electrons. The van der Waals surface area contributed by atoms with Crippen LogP contribution in [-0.2, 0) is 12.8 Å². The minimum atomic E-state index is 1.14. The molecule has 0 amide bonds. The van der Waals surface area contributed by atoms with Gasteiger partial charge < -0.3 is 5.32 Å². The van der Waals surface area contributed by atoms with Crippen molar-refractivity contribution in [2.75, 3.05) is 5.32 Å². The zero-order valence-electron chi connectivity index (χ0n) is 15.4. The van der Waals surface area contributed by atoms with Crippen molar-refractivity contribution in [1.82, 2.24) is 0 Å². The molecule has 1 nitrogen and oxygen atoms in total. The number of aryl methyl sites for hydroxylation is 2. The van der Waals surface area contributed by atoms with Crippen LogP contribution in [0.25, 0.3) is 21.9 Å². The predicted molar refractivity (Wildman–Crippen MR) is 116 cm³/mol. The first-order valence-electron chi connectivity index (χ1n) is 9.84. The van der Waals surface area contributed by atoms with Crippen molar-refractivity contribution in [3.05, 3.63) is 96.1 Å². The molecule has 5 rings (SSSR count). The normalized spacial score (nSPS) is 13.3. The molecule has 0 heterocycles. The van der Waals surface area contributed by atoms with E-state index in [1.165, 1.54) is 64.4 Å². The Labute approximate surface area is 160 Å². The van der Waals surface area contributed by atoms with Crippen LogP contribution in [0.5, 0.6) is 0 Å². The Bertz CT molecular complexity index is 1100. The minimum absolute atomic E-state index is 1.14. The Morgan fingerprint density at radius 1 is 0.593 bits per heavy atom. The summed E-state index contributed by atoms with van der Waals surface area (Å²) in [6.45, 7) is 0. The summed E-state index contributed by atoms with van der Waals surface area (Å²) < 4.78 is 0. The summed E-state index contributed by atoms with van der Waals surface area (Å²) in [7, 11) is 0. The van der Waals surface area contributed by atoms with Crippen LogP contribution in [0.2, 0.25) is 0 Å². The van der Waals surface area contributed by atoms with Crippen LogP contribution in [-0.4, -0.2) is 0 Å². The molecule has 1 aliphatic carbocycles. The second-order valence-corrected chi connectivity index (χ2v) is 7.42. The van der Waals surface area contributed by atoms with Crippen LogP contribution in [0, 0.1) is 0 Å². The van der Waals surface area contributed by atoms with Gasteiger partial charge in [0.2, 0.25) is 0 Å². The lowest BCUT2D eigenvalue weighted by Crippen LogP contribution is -2.03. The number of hydrogen-bond donors (Lipinski definition) is 1. The molecule has 27 heavy (non-hydrogen) atoms. The van der Waals surface area contributed by atoms with Crippen molar-refractivity contribution in [2.45, 2.75) is 25.7 Å². The number of benzene rings is 4. The maximum absolute atomic E-state index is 3.61. The summed E-state index contributed by atoms with van der Waals surface area (Å²) in [6.07, 6.45) is 5.08. The first kappa shape index (κ1) is 16.1. The van der Waals surface area contributed by atoms with Crippen LogP contribution in [0.1, 0.15) is 24.0 Å². The number of fused-ring (bicyclic) bond motifs is 2. The SMILES string of the molecule is c1cc(Nc2ccc3c(c2)CCCC3)cc(-c2cccc3ccccc23)c1. The van der Waals surface area contributed by atoms with Gasteiger partial charge in [-0.1, -0.05) is 60.7 Å². The van der Waals surface area contributed by atoms with E-state index in [1.807, 2.05) is 0 Å². The van der Waals surface area contributed by atoms with E-state index in [0.717, 1.165) is 5.69 Å². The molecule has 4 aromatic carbocycles. The second kappa shape index (κ2) is 6.92. The van der Waals surface area contributed by atoms with E-state index >= 15 is 0 Å². The summed E-state index contributed by atoms with van der Waals surface area (Å²) in [4.78, 5) is 0. The van der Waals surface area contributed by atoms with Gasteiger partial charge in [-0.3, -0.25) is 0 Å². The minimum Gasteiger partial charge on any atom is -0.356 e. The third-order valence-electron chi connectivity index (χ3n) is 5.60. The molecular weight excluding hydrogens is 326 g/mol. The molecule has 0 saturated carbocycles. The summed E-state index contributed by atoms with van der Waals surface area (Å²) in [5.41, 5.74) is 7.88. The fraction of sp³-hybridized carbons (Fsp3) is 0.154. The monoisotopic (exact) mass is 349 g/mol. The third kappa shape index (κ3) is 3.21. The van der Waals surface area contributed by atoms with Gasteiger partial charge in [-0.05, 0) is 83.0 Å². The Morgan fingerprint density at radius 2 is 1.37 bits per heavy atom. The van der Waals surface area contributed by atoms with Gasteiger partial charge in [0.25, 0.3) is 0 Å². The second-order valence-electron chi connectivity index (χ2n) is 7.42. The molecule has 0 radical (unpaired) electrons. The Kier molecular flexibility index (Phi) is 4.14. The van der Waals surface area contributed by atoms with Crippen molar-refractivity contribution in [1.29, 1.82) is 0 Å². The summed E-state index contributed by atoms with van der Waals surface area (Å²) in [5, 5.41) is 6.19. The maximum Gasteiger partial charge on any atom is 0.0390 e. The van der Waals surface area contributed by atoms with E-state index in [1.54, 1.807) is 0 Å². The summed E-state index contributed by atoms with van der Waals surface area (Å²) in [6, 6.07) is 30.7. The number of rotatable bonds is 3. The van der Waals surface area contributed by atoms with Gasteiger partial charge in [0.15, 0.2) is 0 Å². The predicted octanol–water partition coefficient (Wildman–Crippen LogP) is 7.13. The zero-order chi connectivity index (χ0) is 18.1. The highest BCUT2D eigenvalue weighted by Gasteiger charge is 2.10. The van der Waals surface area contributed by atoms with E-state index in [4.69, 9.17) is 0 Å². The highest BCUT2D eigenvalue weighted by Crippen LogP contribution is 2.31. The van der Waals surface area contributed by atoms with Crippen LogP contribution >= 0.6 is 0 Å². The van der Waals surface area contributed by atoms with Crippen LogP contribution in [0.4, 0.5) is 11.4 Å². The summed E-state index contributed by atoms with van der Waals surface area (Å²) >= 11 is 0.